The Morgan fingerprint density at radius 1 is 1.27 bits per heavy atom. The molecule has 4 N–H and O–H groups in total. The smallest absolute Gasteiger partial charge is 0.213 e. The lowest BCUT2D eigenvalue weighted by molar-refractivity contribution is 0.245. The molecule has 0 aromatic heterocycles. The lowest BCUT2D eigenvalue weighted by Crippen LogP contribution is -2.42. The highest BCUT2D eigenvalue weighted by Crippen LogP contribution is 2.25. The van der Waals surface area contributed by atoms with Crippen LogP contribution in [0.4, 0.5) is 0 Å². The first-order chi connectivity index (χ1) is 12.4. The molecule has 1 rings (SSSR count). The van der Waals surface area contributed by atoms with Crippen molar-refractivity contribution in [2.45, 2.75) is 52.9 Å². The summed E-state index contributed by atoms with van der Waals surface area (Å²) in [5.74, 6) is 2.08. The first-order valence-electron chi connectivity index (χ1n) is 9.96. The molecule has 1 fully saturated rings. The molecule has 0 radical (unpaired) electrons. The van der Waals surface area contributed by atoms with E-state index in [0.717, 1.165) is 25.7 Å². The van der Waals surface area contributed by atoms with Gasteiger partial charge in [0.2, 0.25) is 10.0 Å². The SMILES string of the molecule is CCNC(=NCC(CCO)CC(C)C)NCCS(=O)(=O)NCC1CCC1. The highest BCUT2D eigenvalue weighted by molar-refractivity contribution is 7.89. The minimum Gasteiger partial charge on any atom is -0.396 e. The fourth-order valence-corrected chi connectivity index (χ4v) is 4.02. The lowest BCUT2D eigenvalue weighted by Gasteiger charge is -2.25. The summed E-state index contributed by atoms with van der Waals surface area (Å²) in [7, 11) is -3.25. The Hall–Kier alpha value is -0.860. The molecule has 1 unspecified atom stereocenters. The van der Waals surface area contributed by atoms with Gasteiger partial charge in [0.1, 0.15) is 0 Å². The molecule has 7 nitrogen and oxygen atoms in total. The molecule has 154 valence electrons. The zero-order valence-electron chi connectivity index (χ0n) is 16.6. The number of hydrogen-bond acceptors (Lipinski definition) is 4. The molecule has 1 aliphatic carbocycles. The lowest BCUT2D eigenvalue weighted by atomic mass is 9.86. The third-order valence-electron chi connectivity index (χ3n) is 4.67. The standard InChI is InChI=1S/C18H38N4O3S/c1-4-19-18(21-13-17(8-10-23)12-15(2)3)20-9-11-26(24,25)22-14-16-6-5-7-16/h15-17,22-23H,4-14H2,1-3H3,(H2,19,20,21). The minimum absolute atomic E-state index is 0.0379. The van der Waals surface area contributed by atoms with Gasteiger partial charge in [-0.05, 0) is 50.4 Å². The van der Waals surface area contributed by atoms with Crippen LogP contribution in [0.15, 0.2) is 4.99 Å². The summed E-state index contributed by atoms with van der Waals surface area (Å²) in [4.78, 5) is 4.57. The molecule has 0 amide bonds. The first-order valence-corrected chi connectivity index (χ1v) is 11.6. The van der Waals surface area contributed by atoms with Crippen molar-refractivity contribution >= 4 is 16.0 Å². The van der Waals surface area contributed by atoms with E-state index >= 15 is 0 Å². The number of aliphatic imine (C=N–C) groups is 1. The van der Waals surface area contributed by atoms with E-state index in [-0.39, 0.29) is 12.4 Å². The summed E-state index contributed by atoms with van der Waals surface area (Å²) in [6.45, 7) is 8.70. The number of hydrogen-bond donors (Lipinski definition) is 4. The average molecular weight is 391 g/mol. The van der Waals surface area contributed by atoms with Crippen LogP contribution in [-0.2, 0) is 10.0 Å². The predicted octanol–water partition coefficient (Wildman–Crippen LogP) is 1.31. The van der Waals surface area contributed by atoms with Crippen molar-refractivity contribution in [3.05, 3.63) is 0 Å². The van der Waals surface area contributed by atoms with Crippen LogP contribution in [0.1, 0.15) is 52.9 Å². The predicted molar refractivity (Wildman–Crippen MR) is 108 cm³/mol. The van der Waals surface area contributed by atoms with Crippen LogP contribution >= 0.6 is 0 Å². The maximum absolute atomic E-state index is 12.0. The molecule has 0 spiro atoms. The van der Waals surface area contributed by atoms with Crippen molar-refractivity contribution in [2.24, 2.45) is 22.7 Å². The van der Waals surface area contributed by atoms with Gasteiger partial charge in [-0.25, -0.2) is 13.1 Å². The number of sulfonamides is 1. The normalized spacial score (nSPS) is 17.2. The van der Waals surface area contributed by atoms with Gasteiger partial charge < -0.3 is 15.7 Å². The number of rotatable bonds is 13. The van der Waals surface area contributed by atoms with Crippen molar-refractivity contribution in [1.29, 1.82) is 0 Å². The van der Waals surface area contributed by atoms with Crippen LogP contribution < -0.4 is 15.4 Å². The Kier molecular flexibility index (Phi) is 11.2. The zero-order valence-corrected chi connectivity index (χ0v) is 17.4. The van der Waals surface area contributed by atoms with E-state index in [0.29, 0.717) is 49.9 Å². The third-order valence-corrected chi connectivity index (χ3v) is 6.02. The fraction of sp³-hybridized carbons (Fsp3) is 0.944. The maximum atomic E-state index is 12.0. The Labute approximate surface area is 159 Å². The van der Waals surface area contributed by atoms with Gasteiger partial charge in [0.05, 0.1) is 5.75 Å². The summed E-state index contributed by atoms with van der Waals surface area (Å²) in [6, 6.07) is 0. The summed E-state index contributed by atoms with van der Waals surface area (Å²) < 4.78 is 26.8. The molecule has 1 aliphatic rings. The summed E-state index contributed by atoms with van der Waals surface area (Å²) in [6.07, 6.45) is 5.22. The van der Waals surface area contributed by atoms with Crippen LogP contribution in [-0.4, -0.2) is 58.0 Å². The molecule has 0 aromatic carbocycles. The number of nitrogens with one attached hydrogen (secondary N) is 3. The van der Waals surface area contributed by atoms with Gasteiger partial charge in [-0.1, -0.05) is 20.3 Å². The second-order valence-electron chi connectivity index (χ2n) is 7.62. The van der Waals surface area contributed by atoms with Crippen LogP contribution in [0.2, 0.25) is 0 Å². The molecular weight excluding hydrogens is 352 g/mol. The Morgan fingerprint density at radius 2 is 2.00 bits per heavy atom. The summed E-state index contributed by atoms with van der Waals surface area (Å²) in [5, 5.41) is 15.5. The Bertz CT molecular complexity index is 505. The second kappa shape index (κ2) is 12.5. The number of aliphatic hydroxyl groups is 1. The van der Waals surface area contributed by atoms with Crippen molar-refractivity contribution < 1.29 is 13.5 Å². The average Bonchev–Trinajstić information content (AvgIpc) is 2.50. The Balaban J connectivity index is 2.41. The van der Waals surface area contributed by atoms with Crippen LogP contribution in [0, 0.1) is 17.8 Å². The van der Waals surface area contributed by atoms with E-state index < -0.39 is 10.0 Å². The molecule has 1 atom stereocenters. The molecule has 0 aliphatic heterocycles. The van der Waals surface area contributed by atoms with E-state index in [1.807, 2.05) is 6.92 Å². The van der Waals surface area contributed by atoms with Gasteiger partial charge in [-0.3, -0.25) is 4.99 Å². The van der Waals surface area contributed by atoms with E-state index in [1.165, 1.54) is 6.42 Å². The van der Waals surface area contributed by atoms with Crippen molar-refractivity contribution in [2.75, 3.05) is 38.5 Å². The topological polar surface area (TPSA) is 103 Å². The Morgan fingerprint density at radius 3 is 2.54 bits per heavy atom. The van der Waals surface area contributed by atoms with Crippen LogP contribution in [0.25, 0.3) is 0 Å². The minimum atomic E-state index is -3.25. The first kappa shape index (κ1) is 23.2. The molecule has 26 heavy (non-hydrogen) atoms. The molecule has 0 aromatic rings. The summed E-state index contributed by atoms with van der Waals surface area (Å²) >= 11 is 0. The van der Waals surface area contributed by atoms with E-state index in [4.69, 9.17) is 0 Å². The molecular formula is C18H38N4O3S. The van der Waals surface area contributed by atoms with Crippen molar-refractivity contribution in [1.82, 2.24) is 15.4 Å². The van der Waals surface area contributed by atoms with Gasteiger partial charge in [-0.2, -0.15) is 0 Å². The molecule has 0 heterocycles. The third kappa shape index (κ3) is 10.3. The van der Waals surface area contributed by atoms with Crippen LogP contribution in [0.3, 0.4) is 0 Å². The number of aliphatic hydroxyl groups excluding tert-OH is 1. The summed E-state index contributed by atoms with van der Waals surface area (Å²) in [5.41, 5.74) is 0. The quantitative estimate of drug-likeness (QED) is 0.280. The second-order valence-corrected chi connectivity index (χ2v) is 9.54. The van der Waals surface area contributed by atoms with Gasteiger partial charge >= 0.3 is 0 Å². The number of guanidine groups is 1. The fourth-order valence-electron chi connectivity index (χ4n) is 3.01. The molecule has 1 saturated carbocycles. The monoisotopic (exact) mass is 390 g/mol. The van der Waals surface area contributed by atoms with Crippen LogP contribution in [0.5, 0.6) is 0 Å². The highest BCUT2D eigenvalue weighted by atomic mass is 32.2. The highest BCUT2D eigenvalue weighted by Gasteiger charge is 2.20. The molecule has 8 heteroatoms. The zero-order chi connectivity index (χ0) is 19.4. The molecule has 0 saturated heterocycles. The van der Waals surface area contributed by atoms with Gasteiger partial charge in [-0.15, -0.1) is 0 Å². The van der Waals surface area contributed by atoms with Gasteiger partial charge in [0, 0.05) is 32.8 Å². The van der Waals surface area contributed by atoms with Gasteiger partial charge in [0.25, 0.3) is 0 Å². The van der Waals surface area contributed by atoms with Crippen molar-refractivity contribution in [3.8, 4) is 0 Å². The van der Waals surface area contributed by atoms with E-state index in [1.54, 1.807) is 0 Å². The van der Waals surface area contributed by atoms with Gasteiger partial charge in [0.15, 0.2) is 5.96 Å². The largest absolute Gasteiger partial charge is 0.396 e. The molecule has 0 bridgehead atoms. The van der Waals surface area contributed by atoms with E-state index in [2.05, 4.69) is 34.2 Å². The van der Waals surface area contributed by atoms with Crippen molar-refractivity contribution in [3.63, 3.8) is 0 Å². The van der Waals surface area contributed by atoms with E-state index in [9.17, 15) is 13.5 Å². The maximum Gasteiger partial charge on any atom is 0.213 e. The number of nitrogens with zero attached hydrogens (tertiary/aromatic N) is 1.